The van der Waals surface area contributed by atoms with Gasteiger partial charge in [0.25, 0.3) is 6.43 Å². The van der Waals surface area contributed by atoms with Gasteiger partial charge in [0.15, 0.2) is 0 Å². The van der Waals surface area contributed by atoms with Crippen LogP contribution in [-0.2, 0) is 4.79 Å². The zero-order chi connectivity index (χ0) is 11.4. The average molecular weight is 294 g/mol. The van der Waals surface area contributed by atoms with Crippen molar-refractivity contribution in [3.05, 3.63) is 0 Å². The van der Waals surface area contributed by atoms with Crippen molar-refractivity contribution in [3.8, 4) is 0 Å². The van der Waals surface area contributed by atoms with Gasteiger partial charge in [-0.25, -0.2) is 8.78 Å². The van der Waals surface area contributed by atoms with Gasteiger partial charge in [0.2, 0.25) is 5.91 Å². The van der Waals surface area contributed by atoms with Crippen molar-refractivity contribution in [3.63, 3.8) is 0 Å². The molecule has 1 rings (SSSR count). The number of halogens is 4. The van der Waals surface area contributed by atoms with E-state index in [0.717, 1.165) is 0 Å². The fourth-order valence-corrected chi connectivity index (χ4v) is 1.63. The number of nitrogens with two attached hydrogens (primary N) is 1. The summed E-state index contributed by atoms with van der Waals surface area (Å²) in [5, 5.41) is 0. The second kappa shape index (κ2) is 8.85. The van der Waals surface area contributed by atoms with Crippen molar-refractivity contribution in [2.24, 2.45) is 5.73 Å². The van der Waals surface area contributed by atoms with Crippen LogP contribution < -0.4 is 5.73 Å². The van der Waals surface area contributed by atoms with E-state index in [1.807, 2.05) is 0 Å². The first-order valence-corrected chi connectivity index (χ1v) is 5.05. The summed E-state index contributed by atoms with van der Waals surface area (Å²) in [6.45, 7) is 3.42. The smallest absolute Gasteiger partial charge is 0.251 e. The lowest BCUT2D eigenvalue weighted by atomic mass is 10.2. The van der Waals surface area contributed by atoms with Crippen LogP contribution in [0, 0.1) is 0 Å². The normalized spacial score (nSPS) is 18.3. The molecule has 0 aromatic carbocycles. The van der Waals surface area contributed by atoms with Crippen LogP contribution in [0.25, 0.3) is 0 Å². The lowest BCUT2D eigenvalue weighted by Crippen LogP contribution is -2.53. The molecule has 1 aliphatic heterocycles. The number of nitrogens with zero attached hydrogens (tertiary/aromatic N) is 2. The Bertz CT molecular complexity index is 224. The molecule has 0 radical (unpaired) electrons. The van der Waals surface area contributed by atoms with Gasteiger partial charge in [-0.3, -0.25) is 9.69 Å². The minimum absolute atomic E-state index is 0. The molecule has 0 bridgehead atoms. The van der Waals surface area contributed by atoms with E-state index in [1.165, 1.54) is 0 Å². The second-order valence-corrected chi connectivity index (χ2v) is 3.81. The summed E-state index contributed by atoms with van der Waals surface area (Å²) in [5.74, 6) is -0.105. The van der Waals surface area contributed by atoms with Crippen LogP contribution in [0.2, 0.25) is 0 Å². The molecular formula is C9H19Cl2F2N3O. The van der Waals surface area contributed by atoms with Gasteiger partial charge in [-0.15, -0.1) is 24.8 Å². The van der Waals surface area contributed by atoms with E-state index < -0.39 is 12.5 Å². The maximum atomic E-state index is 12.1. The molecule has 0 aromatic heterocycles. The van der Waals surface area contributed by atoms with Crippen molar-refractivity contribution in [1.82, 2.24) is 9.80 Å². The number of carbonyl (C=O) groups is 1. The molecule has 2 N–H and O–H groups in total. The highest BCUT2D eigenvalue weighted by molar-refractivity contribution is 5.85. The fourth-order valence-electron chi connectivity index (χ4n) is 1.63. The Balaban J connectivity index is 0. The van der Waals surface area contributed by atoms with Gasteiger partial charge in [0.1, 0.15) is 0 Å². The molecule has 0 aliphatic carbocycles. The first-order chi connectivity index (χ1) is 7.00. The van der Waals surface area contributed by atoms with Crippen LogP contribution >= 0.6 is 24.8 Å². The molecule has 8 heteroatoms. The highest BCUT2D eigenvalue weighted by atomic mass is 35.5. The van der Waals surface area contributed by atoms with Crippen molar-refractivity contribution >= 4 is 30.7 Å². The molecule has 1 amide bonds. The van der Waals surface area contributed by atoms with Crippen LogP contribution in [0.5, 0.6) is 0 Å². The van der Waals surface area contributed by atoms with Gasteiger partial charge in [0.05, 0.1) is 12.6 Å². The lowest BCUT2D eigenvalue weighted by molar-refractivity contribution is -0.134. The Morgan fingerprint density at radius 1 is 1.24 bits per heavy atom. The van der Waals surface area contributed by atoms with Crippen molar-refractivity contribution in [2.45, 2.75) is 19.4 Å². The Kier molecular flexibility index (Phi) is 9.99. The molecule has 104 valence electrons. The number of amides is 1. The van der Waals surface area contributed by atoms with E-state index in [2.05, 4.69) is 0 Å². The van der Waals surface area contributed by atoms with E-state index in [9.17, 15) is 13.6 Å². The van der Waals surface area contributed by atoms with Crippen LogP contribution in [0.1, 0.15) is 6.92 Å². The highest BCUT2D eigenvalue weighted by Gasteiger charge is 2.24. The van der Waals surface area contributed by atoms with Gasteiger partial charge in [0, 0.05) is 26.2 Å². The number of hydrogen-bond acceptors (Lipinski definition) is 3. The topological polar surface area (TPSA) is 49.6 Å². The Hall–Kier alpha value is -0.170. The van der Waals surface area contributed by atoms with Crippen LogP contribution in [0.4, 0.5) is 8.78 Å². The zero-order valence-corrected chi connectivity index (χ0v) is 11.3. The Morgan fingerprint density at radius 3 is 2.06 bits per heavy atom. The summed E-state index contributed by atoms with van der Waals surface area (Å²) in [7, 11) is 0. The maximum Gasteiger partial charge on any atom is 0.251 e. The summed E-state index contributed by atoms with van der Waals surface area (Å²) < 4.78 is 24.1. The highest BCUT2D eigenvalue weighted by Crippen LogP contribution is 2.05. The molecule has 0 aromatic rings. The van der Waals surface area contributed by atoms with E-state index in [1.54, 1.807) is 16.7 Å². The monoisotopic (exact) mass is 293 g/mol. The van der Waals surface area contributed by atoms with Crippen molar-refractivity contribution < 1.29 is 13.6 Å². The van der Waals surface area contributed by atoms with Gasteiger partial charge in [-0.05, 0) is 6.92 Å². The first kappa shape index (κ1) is 19.2. The number of rotatable bonds is 3. The summed E-state index contributed by atoms with van der Waals surface area (Å²) in [5.41, 5.74) is 5.46. The molecule has 1 aliphatic rings. The number of carbonyl (C=O) groups excluding carboxylic acids is 1. The molecule has 4 nitrogen and oxygen atoms in total. The summed E-state index contributed by atoms with van der Waals surface area (Å²) in [6.07, 6.45) is -2.30. The van der Waals surface area contributed by atoms with Crippen LogP contribution in [0.15, 0.2) is 0 Å². The maximum absolute atomic E-state index is 12.1. The van der Waals surface area contributed by atoms with Gasteiger partial charge < -0.3 is 10.6 Å². The largest absolute Gasteiger partial charge is 0.339 e. The van der Waals surface area contributed by atoms with E-state index in [0.29, 0.717) is 26.2 Å². The van der Waals surface area contributed by atoms with Crippen molar-refractivity contribution in [1.29, 1.82) is 0 Å². The molecular weight excluding hydrogens is 275 g/mol. The van der Waals surface area contributed by atoms with Gasteiger partial charge in [-0.2, -0.15) is 0 Å². The molecule has 1 atom stereocenters. The molecule has 17 heavy (non-hydrogen) atoms. The summed E-state index contributed by atoms with van der Waals surface area (Å²) in [4.78, 5) is 14.8. The summed E-state index contributed by atoms with van der Waals surface area (Å²) in [6, 6.07) is -0.508. The molecule has 0 spiro atoms. The minimum Gasteiger partial charge on any atom is -0.339 e. The van der Waals surface area contributed by atoms with E-state index >= 15 is 0 Å². The van der Waals surface area contributed by atoms with E-state index in [4.69, 9.17) is 5.73 Å². The predicted octanol–water partition coefficient (Wildman–Crippen LogP) is 0.587. The first-order valence-electron chi connectivity index (χ1n) is 5.05. The molecule has 1 saturated heterocycles. The van der Waals surface area contributed by atoms with Crippen molar-refractivity contribution in [2.75, 3.05) is 32.7 Å². The average Bonchev–Trinajstić information content (AvgIpc) is 2.17. The SMILES string of the molecule is C[C@@H](N)C(=O)N1CCN(CC(F)F)CC1.Cl.Cl. The molecule has 0 saturated carbocycles. The number of alkyl halides is 2. The molecule has 1 heterocycles. The quantitative estimate of drug-likeness (QED) is 0.828. The molecule has 0 unspecified atom stereocenters. The lowest BCUT2D eigenvalue weighted by Gasteiger charge is -2.35. The standard InChI is InChI=1S/C9H17F2N3O.2ClH/c1-7(12)9(15)14-4-2-13(3-5-14)6-8(10)11;;/h7-8H,2-6,12H2,1H3;2*1H/t7-;;/m1../s1. The Morgan fingerprint density at radius 2 is 1.71 bits per heavy atom. The van der Waals surface area contributed by atoms with Crippen LogP contribution in [-0.4, -0.2) is 60.9 Å². The van der Waals surface area contributed by atoms with Gasteiger partial charge >= 0.3 is 0 Å². The van der Waals surface area contributed by atoms with Crippen LogP contribution in [0.3, 0.4) is 0 Å². The predicted molar refractivity (Wildman–Crippen MR) is 67.2 cm³/mol. The molecule has 1 fully saturated rings. The minimum atomic E-state index is -2.30. The third-order valence-electron chi connectivity index (χ3n) is 2.47. The Labute approximate surface area is 112 Å². The third-order valence-corrected chi connectivity index (χ3v) is 2.47. The summed E-state index contributed by atoms with van der Waals surface area (Å²) >= 11 is 0. The second-order valence-electron chi connectivity index (χ2n) is 3.81. The third kappa shape index (κ3) is 6.35. The van der Waals surface area contributed by atoms with Gasteiger partial charge in [-0.1, -0.05) is 0 Å². The zero-order valence-electron chi connectivity index (χ0n) is 9.64. The number of hydrogen-bond donors (Lipinski definition) is 1. The van der Waals surface area contributed by atoms with E-state index in [-0.39, 0.29) is 37.3 Å². The fraction of sp³-hybridized carbons (Fsp3) is 0.889. The number of piperazine rings is 1.